The number of nitrogens with two attached hydrogens (primary N) is 1. The smallest absolute Gasteiger partial charge is 0.0703 e. The molecule has 0 aliphatic heterocycles. The van der Waals surface area contributed by atoms with Gasteiger partial charge in [0.05, 0.1) is 17.6 Å². The van der Waals surface area contributed by atoms with Gasteiger partial charge in [0.1, 0.15) is 0 Å². The van der Waals surface area contributed by atoms with Crippen LogP contribution >= 0.6 is 0 Å². The van der Waals surface area contributed by atoms with Gasteiger partial charge < -0.3 is 5.73 Å². The number of nitrogen functional groups attached to an aromatic ring is 1. The van der Waals surface area contributed by atoms with Crippen LogP contribution in [0.2, 0.25) is 0 Å². The minimum Gasteiger partial charge on any atom is -0.397 e. The topological polar surface area (TPSA) is 38.9 Å². The number of benzene rings is 1. The summed E-state index contributed by atoms with van der Waals surface area (Å²) < 4.78 is 0. The van der Waals surface area contributed by atoms with Crippen LogP contribution in [-0.2, 0) is 12.8 Å². The van der Waals surface area contributed by atoms with Crippen molar-refractivity contribution in [1.82, 2.24) is 4.98 Å². The Morgan fingerprint density at radius 3 is 2.35 bits per heavy atom. The van der Waals surface area contributed by atoms with Crippen LogP contribution in [0.4, 0.5) is 5.69 Å². The molecule has 0 radical (unpaired) electrons. The van der Waals surface area contributed by atoms with Gasteiger partial charge in [-0.15, -0.1) is 0 Å². The summed E-state index contributed by atoms with van der Waals surface area (Å²) in [5.41, 5.74) is 11.3. The summed E-state index contributed by atoms with van der Waals surface area (Å²) in [5.74, 6) is 0. The van der Waals surface area contributed by atoms with Crippen LogP contribution in [0.1, 0.15) is 25.0 Å². The Kier molecular flexibility index (Phi) is 3.43. The Morgan fingerprint density at radius 1 is 1.00 bits per heavy atom. The Balaban J connectivity index is 2.42. The molecule has 0 atom stereocenters. The molecule has 0 aliphatic rings. The van der Waals surface area contributed by atoms with E-state index < -0.39 is 0 Å². The zero-order chi connectivity index (χ0) is 12.3. The summed E-state index contributed by atoms with van der Waals surface area (Å²) in [5, 5.41) is 0. The molecule has 2 aromatic rings. The van der Waals surface area contributed by atoms with E-state index in [1.54, 1.807) is 6.20 Å². The molecule has 1 heterocycles. The first kappa shape index (κ1) is 11.6. The first-order valence-corrected chi connectivity index (χ1v) is 6.08. The monoisotopic (exact) mass is 226 g/mol. The van der Waals surface area contributed by atoms with Crippen LogP contribution < -0.4 is 5.73 Å². The van der Waals surface area contributed by atoms with Crippen LogP contribution in [0.5, 0.6) is 0 Å². The Morgan fingerprint density at radius 2 is 1.76 bits per heavy atom. The van der Waals surface area contributed by atoms with Crippen LogP contribution in [0, 0.1) is 0 Å². The molecule has 0 spiro atoms. The maximum Gasteiger partial charge on any atom is 0.0703 e. The highest BCUT2D eigenvalue weighted by atomic mass is 14.7. The van der Waals surface area contributed by atoms with Crippen LogP contribution in [0.3, 0.4) is 0 Å². The van der Waals surface area contributed by atoms with Crippen molar-refractivity contribution in [2.45, 2.75) is 26.7 Å². The molecular formula is C15H18N2. The van der Waals surface area contributed by atoms with E-state index in [0.29, 0.717) is 5.69 Å². The molecule has 0 bridgehead atoms. The first-order chi connectivity index (χ1) is 8.24. The zero-order valence-corrected chi connectivity index (χ0v) is 10.4. The SMILES string of the molecule is CCc1ccc(-c2ccc(N)cn2)cc1CC. The summed E-state index contributed by atoms with van der Waals surface area (Å²) in [6.07, 6.45) is 3.85. The number of pyridine rings is 1. The molecule has 2 nitrogen and oxygen atoms in total. The van der Waals surface area contributed by atoms with Gasteiger partial charge in [0.15, 0.2) is 0 Å². The predicted molar refractivity (Wildman–Crippen MR) is 72.8 cm³/mol. The number of aromatic nitrogens is 1. The van der Waals surface area contributed by atoms with Crippen LogP contribution in [0.15, 0.2) is 36.5 Å². The van der Waals surface area contributed by atoms with E-state index in [-0.39, 0.29) is 0 Å². The fourth-order valence-corrected chi connectivity index (χ4v) is 2.04. The largest absolute Gasteiger partial charge is 0.397 e. The van der Waals surface area contributed by atoms with Crippen molar-refractivity contribution in [3.05, 3.63) is 47.7 Å². The van der Waals surface area contributed by atoms with Gasteiger partial charge in [0, 0.05) is 5.56 Å². The summed E-state index contributed by atoms with van der Waals surface area (Å²) in [6.45, 7) is 4.38. The third kappa shape index (κ3) is 2.47. The second-order valence-corrected chi connectivity index (χ2v) is 4.17. The fraction of sp³-hybridized carbons (Fsp3) is 0.267. The molecular weight excluding hydrogens is 208 g/mol. The van der Waals surface area contributed by atoms with Crippen molar-refractivity contribution >= 4 is 5.69 Å². The van der Waals surface area contributed by atoms with Gasteiger partial charge in [-0.2, -0.15) is 0 Å². The lowest BCUT2D eigenvalue weighted by Crippen LogP contribution is -1.93. The van der Waals surface area contributed by atoms with E-state index in [0.717, 1.165) is 18.5 Å². The van der Waals surface area contributed by atoms with Gasteiger partial charge in [-0.05, 0) is 42.2 Å². The number of rotatable bonds is 3. The Labute approximate surface area is 103 Å². The molecule has 2 N–H and O–H groups in total. The average molecular weight is 226 g/mol. The Hall–Kier alpha value is -1.83. The highest BCUT2D eigenvalue weighted by Gasteiger charge is 2.03. The van der Waals surface area contributed by atoms with Gasteiger partial charge >= 0.3 is 0 Å². The van der Waals surface area contributed by atoms with Crippen LogP contribution in [0.25, 0.3) is 11.3 Å². The molecule has 0 amide bonds. The molecule has 0 saturated heterocycles. The molecule has 17 heavy (non-hydrogen) atoms. The molecule has 0 aliphatic carbocycles. The molecule has 1 aromatic carbocycles. The van der Waals surface area contributed by atoms with E-state index in [9.17, 15) is 0 Å². The van der Waals surface area contributed by atoms with E-state index in [1.807, 2.05) is 12.1 Å². The van der Waals surface area contributed by atoms with E-state index in [4.69, 9.17) is 5.73 Å². The molecule has 2 rings (SSSR count). The second kappa shape index (κ2) is 5.00. The van der Waals surface area contributed by atoms with Gasteiger partial charge in [0.2, 0.25) is 0 Å². The zero-order valence-electron chi connectivity index (χ0n) is 10.4. The molecule has 1 aromatic heterocycles. The van der Waals surface area contributed by atoms with Gasteiger partial charge in [-0.3, -0.25) is 4.98 Å². The number of nitrogens with zero attached hydrogens (tertiary/aromatic N) is 1. The molecule has 0 fully saturated rings. The minimum atomic E-state index is 0.703. The maximum absolute atomic E-state index is 5.64. The lowest BCUT2D eigenvalue weighted by Gasteiger charge is -2.08. The van der Waals surface area contributed by atoms with Crippen LogP contribution in [-0.4, -0.2) is 4.98 Å². The normalized spacial score (nSPS) is 10.5. The maximum atomic E-state index is 5.64. The first-order valence-electron chi connectivity index (χ1n) is 6.08. The van der Waals surface area contributed by atoms with E-state index in [2.05, 4.69) is 37.0 Å². The minimum absolute atomic E-state index is 0.703. The van der Waals surface area contributed by atoms with E-state index in [1.165, 1.54) is 16.7 Å². The van der Waals surface area contributed by atoms with Gasteiger partial charge in [0.25, 0.3) is 0 Å². The number of hydrogen-bond acceptors (Lipinski definition) is 2. The van der Waals surface area contributed by atoms with E-state index >= 15 is 0 Å². The van der Waals surface area contributed by atoms with Crippen molar-refractivity contribution in [2.24, 2.45) is 0 Å². The number of aryl methyl sites for hydroxylation is 2. The number of anilines is 1. The van der Waals surface area contributed by atoms with Crippen molar-refractivity contribution < 1.29 is 0 Å². The van der Waals surface area contributed by atoms with Crippen molar-refractivity contribution in [3.8, 4) is 11.3 Å². The summed E-state index contributed by atoms with van der Waals surface area (Å²) in [7, 11) is 0. The fourth-order valence-electron chi connectivity index (χ4n) is 2.04. The summed E-state index contributed by atoms with van der Waals surface area (Å²) in [4.78, 5) is 4.35. The Bertz CT molecular complexity index is 501. The molecule has 0 saturated carbocycles. The molecule has 88 valence electrons. The molecule has 0 unspecified atom stereocenters. The standard InChI is InChI=1S/C15H18N2/c1-3-11-5-6-13(9-12(11)4-2)15-8-7-14(16)10-17-15/h5-10H,3-4,16H2,1-2H3. The highest BCUT2D eigenvalue weighted by molar-refractivity contribution is 5.62. The van der Waals surface area contributed by atoms with Crippen molar-refractivity contribution in [2.75, 3.05) is 5.73 Å². The predicted octanol–water partition coefficient (Wildman–Crippen LogP) is 3.46. The third-order valence-electron chi connectivity index (χ3n) is 3.05. The third-order valence-corrected chi connectivity index (χ3v) is 3.05. The van der Waals surface area contributed by atoms with Gasteiger partial charge in [-0.1, -0.05) is 26.0 Å². The number of hydrogen-bond donors (Lipinski definition) is 1. The van der Waals surface area contributed by atoms with Crippen molar-refractivity contribution in [1.29, 1.82) is 0 Å². The van der Waals surface area contributed by atoms with Crippen molar-refractivity contribution in [3.63, 3.8) is 0 Å². The molecule has 2 heteroatoms. The quantitative estimate of drug-likeness (QED) is 0.870. The summed E-state index contributed by atoms with van der Waals surface area (Å²) in [6, 6.07) is 10.4. The second-order valence-electron chi connectivity index (χ2n) is 4.17. The summed E-state index contributed by atoms with van der Waals surface area (Å²) >= 11 is 0. The highest BCUT2D eigenvalue weighted by Crippen LogP contribution is 2.22. The average Bonchev–Trinajstić information content (AvgIpc) is 2.39. The lowest BCUT2D eigenvalue weighted by molar-refractivity contribution is 1.04. The van der Waals surface area contributed by atoms with Gasteiger partial charge in [-0.25, -0.2) is 0 Å². The lowest BCUT2D eigenvalue weighted by atomic mass is 9.98.